The van der Waals surface area contributed by atoms with E-state index in [1.807, 2.05) is 0 Å². The number of benzene rings is 2. The van der Waals surface area contributed by atoms with E-state index in [0.717, 1.165) is 11.9 Å². The van der Waals surface area contributed by atoms with Crippen LogP contribution in [0.4, 0.5) is 24.5 Å². The third kappa shape index (κ3) is 9.75. The van der Waals surface area contributed by atoms with E-state index < -0.39 is 18.9 Å². The molecule has 0 saturated carbocycles. The molecule has 0 aliphatic carbocycles. The number of carbonyl (C=O) groups is 1. The Labute approximate surface area is 177 Å². The molecule has 0 fully saturated rings. The summed E-state index contributed by atoms with van der Waals surface area (Å²) in [5.41, 5.74) is 0.851. The van der Waals surface area contributed by atoms with Crippen LogP contribution in [0.1, 0.15) is 27.2 Å². The summed E-state index contributed by atoms with van der Waals surface area (Å²) >= 11 is 1.13. The van der Waals surface area contributed by atoms with Crippen molar-refractivity contribution in [1.29, 1.82) is 0 Å². The number of nitrogens with one attached hydrogen (secondary N) is 2. The fraction of sp³-hybridized carbons (Fsp3) is 0.350. The molecule has 2 aromatic rings. The Morgan fingerprint density at radius 3 is 2.40 bits per heavy atom. The van der Waals surface area contributed by atoms with Crippen molar-refractivity contribution in [2.75, 3.05) is 23.3 Å². The zero-order valence-corrected chi connectivity index (χ0v) is 17.7. The first kappa shape index (κ1) is 25.4. The van der Waals surface area contributed by atoms with E-state index in [0.29, 0.717) is 28.6 Å². The number of ether oxygens (including phenoxy) is 2. The number of hydrogen-bond acceptors (Lipinski definition) is 6. The summed E-state index contributed by atoms with van der Waals surface area (Å²) in [7, 11) is 0. The van der Waals surface area contributed by atoms with Gasteiger partial charge >= 0.3 is 6.36 Å². The quantitative estimate of drug-likeness (QED) is 0.468. The average Bonchev–Trinajstić information content (AvgIpc) is 2.67. The van der Waals surface area contributed by atoms with E-state index in [4.69, 9.17) is 9.84 Å². The molecule has 30 heavy (non-hydrogen) atoms. The number of anilines is 2. The summed E-state index contributed by atoms with van der Waals surface area (Å²) in [6.45, 7) is 5.77. The largest absolute Gasteiger partial charge is 0.573 e. The first-order chi connectivity index (χ1) is 14.2. The van der Waals surface area contributed by atoms with Gasteiger partial charge in [0.1, 0.15) is 18.1 Å². The van der Waals surface area contributed by atoms with Gasteiger partial charge in [0.2, 0.25) is 5.91 Å². The van der Waals surface area contributed by atoms with Crippen LogP contribution in [0.2, 0.25) is 0 Å². The van der Waals surface area contributed by atoms with Gasteiger partial charge in [0.15, 0.2) is 0 Å². The second-order valence-electron chi connectivity index (χ2n) is 5.79. The van der Waals surface area contributed by atoms with Crippen LogP contribution in [0, 0.1) is 0 Å². The van der Waals surface area contributed by atoms with E-state index in [9.17, 15) is 18.0 Å². The molecule has 0 spiro atoms. The summed E-state index contributed by atoms with van der Waals surface area (Å²) in [6.07, 6.45) is -3.51. The minimum Gasteiger partial charge on any atom is -0.493 e. The molecule has 0 aromatic heterocycles. The highest BCUT2D eigenvalue weighted by atomic mass is 32.2. The molecular weight excluding hydrogens is 421 g/mol. The molecule has 0 atom stereocenters. The van der Waals surface area contributed by atoms with Gasteiger partial charge < -0.3 is 24.6 Å². The zero-order chi connectivity index (χ0) is 22.6. The predicted molar refractivity (Wildman–Crippen MR) is 112 cm³/mol. The second-order valence-corrected chi connectivity index (χ2v) is 6.64. The van der Waals surface area contributed by atoms with Crippen molar-refractivity contribution in [3.8, 4) is 11.5 Å². The lowest BCUT2D eigenvalue weighted by molar-refractivity contribution is -0.274. The normalized spacial score (nSPS) is 10.5. The number of alkyl halides is 3. The van der Waals surface area contributed by atoms with Crippen molar-refractivity contribution >= 4 is 29.2 Å². The number of amides is 1. The van der Waals surface area contributed by atoms with Gasteiger partial charge in [0, 0.05) is 23.5 Å². The topological polar surface area (TPSA) is 79.8 Å². The van der Waals surface area contributed by atoms with Crippen molar-refractivity contribution in [2.24, 2.45) is 0 Å². The highest BCUT2D eigenvalue weighted by Crippen LogP contribution is 2.34. The standard InChI is InChI=1S/C17H17F3N2O4S.C3H8/c1-2-25-14-9-11(21-16(24)10-23)6-7-15(14)27-22-12-4-3-5-13(8-12)26-17(18,19)20;1-3-2/h3-9,22-23H,2,10H2,1H3,(H,21,24);3H2,1-2H3. The van der Waals surface area contributed by atoms with Crippen LogP contribution in [0.3, 0.4) is 0 Å². The highest BCUT2D eigenvalue weighted by Gasteiger charge is 2.31. The van der Waals surface area contributed by atoms with Crippen molar-refractivity contribution in [1.82, 2.24) is 0 Å². The Hall–Kier alpha value is -2.59. The molecule has 0 unspecified atom stereocenters. The summed E-state index contributed by atoms with van der Waals surface area (Å²) in [6, 6.07) is 10.3. The first-order valence-electron chi connectivity index (χ1n) is 9.18. The molecule has 3 N–H and O–H groups in total. The van der Waals surface area contributed by atoms with Crippen LogP contribution in [0.25, 0.3) is 0 Å². The van der Waals surface area contributed by atoms with Crippen LogP contribution < -0.4 is 19.5 Å². The minimum absolute atomic E-state index is 0.333. The van der Waals surface area contributed by atoms with Crippen LogP contribution in [-0.2, 0) is 4.79 Å². The molecule has 0 radical (unpaired) electrons. The van der Waals surface area contributed by atoms with Gasteiger partial charge in [0.25, 0.3) is 0 Å². The monoisotopic (exact) mass is 446 g/mol. The van der Waals surface area contributed by atoms with Crippen molar-refractivity contribution in [2.45, 2.75) is 38.4 Å². The van der Waals surface area contributed by atoms with E-state index in [2.05, 4.69) is 28.6 Å². The maximum absolute atomic E-state index is 12.3. The number of aliphatic hydroxyl groups is 1. The number of halogens is 3. The Bertz CT molecular complexity index is 804. The van der Waals surface area contributed by atoms with Crippen LogP contribution in [-0.4, -0.2) is 30.6 Å². The van der Waals surface area contributed by atoms with Gasteiger partial charge in [-0.1, -0.05) is 26.3 Å². The van der Waals surface area contributed by atoms with Crippen molar-refractivity contribution < 1.29 is 32.5 Å². The van der Waals surface area contributed by atoms with Gasteiger partial charge in [-0.2, -0.15) is 0 Å². The molecule has 0 saturated heterocycles. The van der Waals surface area contributed by atoms with E-state index in [1.165, 1.54) is 24.6 Å². The summed E-state index contributed by atoms with van der Waals surface area (Å²) < 4.78 is 49.2. The van der Waals surface area contributed by atoms with Gasteiger partial charge in [-0.05, 0) is 43.1 Å². The maximum atomic E-state index is 12.3. The molecule has 0 heterocycles. The number of rotatable bonds is 8. The van der Waals surface area contributed by atoms with Gasteiger partial charge in [-0.25, -0.2) is 0 Å². The van der Waals surface area contributed by atoms with E-state index in [1.54, 1.807) is 31.2 Å². The SMILES string of the molecule is CCC.CCOc1cc(NC(=O)CO)ccc1SNc1cccc(OC(F)(F)F)c1. The number of aliphatic hydroxyl groups excluding tert-OH is 1. The van der Waals surface area contributed by atoms with Crippen LogP contribution >= 0.6 is 11.9 Å². The fourth-order valence-corrected chi connectivity index (χ4v) is 2.72. The maximum Gasteiger partial charge on any atom is 0.573 e. The summed E-state index contributed by atoms with van der Waals surface area (Å²) in [5.74, 6) is -0.425. The Kier molecular flexibility index (Phi) is 10.9. The average molecular weight is 446 g/mol. The molecule has 2 rings (SSSR count). The van der Waals surface area contributed by atoms with Gasteiger partial charge in [0.05, 0.1) is 11.5 Å². The smallest absolute Gasteiger partial charge is 0.493 e. The molecular formula is C20H25F3N2O4S. The van der Waals surface area contributed by atoms with Crippen LogP contribution in [0.15, 0.2) is 47.4 Å². The minimum atomic E-state index is -4.76. The van der Waals surface area contributed by atoms with Crippen LogP contribution in [0.5, 0.6) is 11.5 Å². The van der Waals surface area contributed by atoms with E-state index >= 15 is 0 Å². The molecule has 2 aromatic carbocycles. The predicted octanol–water partition coefficient (Wildman–Crippen LogP) is 5.45. The summed E-state index contributed by atoms with van der Waals surface area (Å²) in [4.78, 5) is 11.9. The molecule has 0 bridgehead atoms. The van der Waals surface area contributed by atoms with Crippen molar-refractivity contribution in [3.63, 3.8) is 0 Å². The Morgan fingerprint density at radius 1 is 1.10 bits per heavy atom. The summed E-state index contributed by atoms with van der Waals surface area (Å²) in [5, 5.41) is 11.3. The molecule has 0 aliphatic rings. The number of hydrogen-bond donors (Lipinski definition) is 3. The third-order valence-corrected chi connectivity index (χ3v) is 3.91. The molecule has 166 valence electrons. The highest BCUT2D eigenvalue weighted by molar-refractivity contribution is 8.00. The second kappa shape index (κ2) is 12.9. The number of carbonyl (C=O) groups excluding carboxylic acids is 1. The molecule has 10 heteroatoms. The van der Waals surface area contributed by atoms with E-state index in [-0.39, 0.29) is 5.75 Å². The molecule has 0 aliphatic heterocycles. The third-order valence-electron chi connectivity index (χ3n) is 3.02. The Balaban J connectivity index is 0.00000141. The lowest BCUT2D eigenvalue weighted by Gasteiger charge is -2.14. The molecule has 6 nitrogen and oxygen atoms in total. The molecule has 1 amide bonds. The Morgan fingerprint density at radius 2 is 1.80 bits per heavy atom. The van der Waals surface area contributed by atoms with Crippen molar-refractivity contribution in [3.05, 3.63) is 42.5 Å². The lowest BCUT2D eigenvalue weighted by Crippen LogP contribution is -2.17. The zero-order valence-electron chi connectivity index (χ0n) is 16.9. The lowest BCUT2D eigenvalue weighted by atomic mass is 10.3. The van der Waals surface area contributed by atoms with Gasteiger partial charge in [-0.3, -0.25) is 4.79 Å². The fourth-order valence-electron chi connectivity index (χ4n) is 2.01. The first-order valence-corrected chi connectivity index (χ1v) is 10.00. The van der Waals surface area contributed by atoms with Gasteiger partial charge in [-0.15, -0.1) is 13.2 Å².